The molecular formula is C7H13NO. The first-order valence-electron chi connectivity index (χ1n) is 3.36. The Balaban J connectivity index is 2.43. The summed E-state index contributed by atoms with van der Waals surface area (Å²) in [5.41, 5.74) is 5.68. The smallest absolute Gasteiger partial charge is 0.0477 e. The summed E-state index contributed by atoms with van der Waals surface area (Å²) in [4.78, 5) is 0. The molecule has 0 amide bonds. The molecule has 0 spiro atoms. The molecule has 2 heteroatoms. The molecule has 0 heterocycles. The Labute approximate surface area is 55.4 Å². The molecule has 0 unspecified atom stereocenters. The van der Waals surface area contributed by atoms with E-state index in [9.17, 15) is 0 Å². The van der Waals surface area contributed by atoms with E-state index in [0.717, 1.165) is 12.8 Å². The van der Waals surface area contributed by atoms with E-state index in [1.807, 2.05) is 0 Å². The number of rotatable bonds is 1. The first kappa shape index (κ1) is 6.78. The lowest BCUT2D eigenvalue weighted by molar-refractivity contribution is 0.202. The topological polar surface area (TPSA) is 46.2 Å². The van der Waals surface area contributed by atoms with Crippen LogP contribution in [0.3, 0.4) is 0 Å². The lowest BCUT2D eigenvalue weighted by Crippen LogP contribution is -2.33. The summed E-state index contributed by atoms with van der Waals surface area (Å²) in [7, 11) is 0. The molecule has 9 heavy (non-hydrogen) atoms. The fourth-order valence-electron chi connectivity index (χ4n) is 1.10. The van der Waals surface area contributed by atoms with Crippen LogP contribution >= 0.6 is 0 Å². The van der Waals surface area contributed by atoms with Crippen LogP contribution in [0.2, 0.25) is 0 Å². The molecule has 0 fully saturated rings. The van der Waals surface area contributed by atoms with E-state index < -0.39 is 0 Å². The number of allylic oxidation sites excluding steroid dienone is 1. The largest absolute Gasteiger partial charge is 0.396 e. The standard InChI is InChI=1S/C7H13NO/c8-7-4-2-1-3-6(7)5-9/h1-2,6-7,9H,3-5,8H2/t6-,7-/m1/s1. The van der Waals surface area contributed by atoms with Crippen LogP contribution in [0, 0.1) is 5.92 Å². The fraction of sp³-hybridized carbons (Fsp3) is 0.714. The van der Waals surface area contributed by atoms with Gasteiger partial charge in [-0.1, -0.05) is 12.2 Å². The number of aliphatic hydroxyl groups is 1. The Bertz CT molecular complexity index is 111. The third-order valence-electron chi connectivity index (χ3n) is 1.85. The normalized spacial score (nSPS) is 34.9. The predicted octanol–water partition coefficient (Wildman–Crippen LogP) is 0.272. The van der Waals surface area contributed by atoms with Crippen LogP contribution in [0.5, 0.6) is 0 Å². The molecule has 0 bridgehead atoms. The molecule has 2 nitrogen and oxygen atoms in total. The van der Waals surface area contributed by atoms with Crippen LogP contribution in [-0.4, -0.2) is 17.8 Å². The Morgan fingerprint density at radius 3 is 2.56 bits per heavy atom. The van der Waals surface area contributed by atoms with Crippen molar-refractivity contribution in [3.63, 3.8) is 0 Å². The maximum atomic E-state index is 8.75. The van der Waals surface area contributed by atoms with Crippen LogP contribution in [-0.2, 0) is 0 Å². The minimum atomic E-state index is 0.181. The van der Waals surface area contributed by atoms with Gasteiger partial charge in [0.2, 0.25) is 0 Å². The van der Waals surface area contributed by atoms with Gasteiger partial charge in [-0.2, -0.15) is 0 Å². The quantitative estimate of drug-likeness (QED) is 0.497. The molecule has 3 N–H and O–H groups in total. The van der Waals surface area contributed by atoms with E-state index in [1.54, 1.807) is 0 Å². The first-order chi connectivity index (χ1) is 4.34. The minimum absolute atomic E-state index is 0.181. The second kappa shape index (κ2) is 2.99. The molecule has 0 radical (unpaired) electrons. The summed E-state index contributed by atoms with van der Waals surface area (Å²) in [6, 6.07) is 0.181. The van der Waals surface area contributed by atoms with Gasteiger partial charge in [0, 0.05) is 18.6 Å². The van der Waals surface area contributed by atoms with Crippen molar-refractivity contribution >= 4 is 0 Å². The summed E-state index contributed by atoms with van der Waals surface area (Å²) in [5.74, 6) is 0.301. The molecule has 1 aliphatic carbocycles. The van der Waals surface area contributed by atoms with Crippen molar-refractivity contribution in [3.05, 3.63) is 12.2 Å². The summed E-state index contributed by atoms with van der Waals surface area (Å²) in [6.45, 7) is 0.228. The fourth-order valence-corrected chi connectivity index (χ4v) is 1.10. The molecule has 0 saturated heterocycles. The van der Waals surface area contributed by atoms with Crippen LogP contribution in [0.4, 0.5) is 0 Å². The molecule has 1 aliphatic rings. The third-order valence-corrected chi connectivity index (χ3v) is 1.85. The zero-order valence-electron chi connectivity index (χ0n) is 5.46. The van der Waals surface area contributed by atoms with Crippen LogP contribution in [0.25, 0.3) is 0 Å². The Hall–Kier alpha value is -0.340. The summed E-state index contributed by atoms with van der Waals surface area (Å²) < 4.78 is 0. The van der Waals surface area contributed by atoms with Crippen molar-refractivity contribution < 1.29 is 5.11 Å². The number of aliphatic hydroxyl groups excluding tert-OH is 1. The van der Waals surface area contributed by atoms with Gasteiger partial charge in [-0.25, -0.2) is 0 Å². The maximum absolute atomic E-state index is 8.75. The zero-order chi connectivity index (χ0) is 6.69. The second-order valence-corrected chi connectivity index (χ2v) is 2.55. The van der Waals surface area contributed by atoms with Gasteiger partial charge in [0.05, 0.1) is 0 Å². The molecule has 0 saturated carbocycles. The van der Waals surface area contributed by atoms with Crippen molar-refractivity contribution in [1.82, 2.24) is 0 Å². The highest BCUT2D eigenvalue weighted by atomic mass is 16.3. The number of hydrogen-bond donors (Lipinski definition) is 2. The molecule has 0 aromatic rings. The molecule has 0 aliphatic heterocycles. The SMILES string of the molecule is N[C@@H]1CC=CC[C@@H]1CO. The van der Waals surface area contributed by atoms with Gasteiger partial charge in [0.15, 0.2) is 0 Å². The molecule has 0 aromatic heterocycles. The molecular weight excluding hydrogens is 114 g/mol. The number of nitrogens with two attached hydrogens (primary N) is 1. The summed E-state index contributed by atoms with van der Waals surface area (Å²) >= 11 is 0. The van der Waals surface area contributed by atoms with E-state index in [2.05, 4.69) is 12.2 Å². The average Bonchev–Trinajstić information content (AvgIpc) is 1.89. The van der Waals surface area contributed by atoms with Crippen molar-refractivity contribution in [3.8, 4) is 0 Å². The van der Waals surface area contributed by atoms with Gasteiger partial charge >= 0.3 is 0 Å². The van der Waals surface area contributed by atoms with E-state index in [0.29, 0.717) is 5.92 Å². The van der Waals surface area contributed by atoms with Crippen molar-refractivity contribution in [2.24, 2.45) is 11.7 Å². The highest BCUT2D eigenvalue weighted by Crippen LogP contribution is 2.15. The minimum Gasteiger partial charge on any atom is -0.396 e. The van der Waals surface area contributed by atoms with Gasteiger partial charge in [0.1, 0.15) is 0 Å². The lowest BCUT2D eigenvalue weighted by atomic mass is 9.91. The Morgan fingerprint density at radius 1 is 1.44 bits per heavy atom. The average molecular weight is 127 g/mol. The van der Waals surface area contributed by atoms with E-state index >= 15 is 0 Å². The maximum Gasteiger partial charge on any atom is 0.0477 e. The highest BCUT2D eigenvalue weighted by molar-refractivity contribution is 4.96. The van der Waals surface area contributed by atoms with Gasteiger partial charge in [-0.05, 0) is 12.8 Å². The van der Waals surface area contributed by atoms with E-state index in [4.69, 9.17) is 10.8 Å². The molecule has 52 valence electrons. The first-order valence-corrected chi connectivity index (χ1v) is 3.36. The van der Waals surface area contributed by atoms with Crippen molar-refractivity contribution in [1.29, 1.82) is 0 Å². The van der Waals surface area contributed by atoms with Crippen molar-refractivity contribution in [2.45, 2.75) is 18.9 Å². The monoisotopic (exact) mass is 127 g/mol. The van der Waals surface area contributed by atoms with Crippen LogP contribution in [0.1, 0.15) is 12.8 Å². The summed E-state index contributed by atoms with van der Waals surface area (Å²) in [6.07, 6.45) is 6.03. The highest BCUT2D eigenvalue weighted by Gasteiger charge is 2.16. The second-order valence-electron chi connectivity index (χ2n) is 2.55. The predicted molar refractivity (Wildman–Crippen MR) is 36.9 cm³/mol. The van der Waals surface area contributed by atoms with E-state index in [-0.39, 0.29) is 12.6 Å². The van der Waals surface area contributed by atoms with Gasteiger partial charge in [-0.15, -0.1) is 0 Å². The van der Waals surface area contributed by atoms with Crippen LogP contribution in [0.15, 0.2) is 12.2 Å². The van der Waals surface area contributed by atoms with Gasteiger partial charge < -0.3 is 10.8 Å². The third kappa shape index (κ3) is 1.53. The lowest BCUT2D eigenvalue weighted by Gasteiger charge is -2.22. The number of hydrogen-bond acceptors (Lipinski definition) is 2. The van der Waals surface area contributed by atoms with Crippen molar-refractivity contribution in [2.75, 3.05) is 6.61 Å². The summed E-state index contributed by atoms with van der Waals surface area (Å²) in [5, 5.41) is 8.75. The van der Waals surface area contributed by atoms with Gasteiger partial charge in [0.25, 0.3) is 0 Å². The van der Waals surface area contributed by atoms with E-state index in [1.165, 1.54) is 0 Å². The van der Waals surface area contributed by atoms with Crippen LogP contribution < -0.4 is 5.73 Å². The zero-order valence-corrected chi connectivity index (χ0v) is 5.46. The molecule has 1 rings (SSSR count). The molecule has 2 atom stereocenters. The van der Waals surface area contributed by atoms with Gasteiger partial charge in [-0.3, -0.25) is 0 Å². The molecule has 0 aromatic carbocycles. The Kier molecular flexibility index (Phi) is 2.25. The Morgan fingerprint density at radius 2 is 2.11 bits per heavy atom.